The molecule has 1 aromatic carbocycles. The van der Waals surface area contributed by atoms with E-state index in [-0.39, 0.29) is 18.4 Å². The molecular formula is C20H32N2O3. The van der Waals surface area contributed by atoms with Gasteiger partial charge in [-0.3, -0.25) is 9.69 Å². The van der Waals surface area contributed by atoms with E-state index in [1.54, 1.807) is 0 Å². The van der Waals surface area contributed by atoms with Gasteiger partial charge in [0, 0.05) is 38.6 Å². The minimum atomic E-state index is -0.535. The first kappa shape index (κ1) is 19.7. The molecular weight excluding hydrogens is 316 g/mol. The summed E-state index contributed by atoms with van der Waals surface area (Å²) >= 11 is 0. The highest BCUT2D eigenvalue weighted by Crippen LogP contribution is 2.25. The van der Waals surface area contributed by atoms with Gasteiger partial charge in [-0.15, -0.1) is 0 Å². The van der Waals surface area contributed by atoms with Crippen molar-refractivity contribution in [3.05, 3.63) is 29.8 Å². The van der Waals surface area contributed by atoms with Crippen LogP contribution < -0.4 is 4.74 Å². The number of aliphatic hydroxyl groups excluding tert-OH is 1. The lowest BCUT2D eigenvalue weighted by Gasteiger charge is -2.36. The maximum Gasteiger partial charge on any atom is 0.225 e. The van der Waals surface area contributed by atoms with Crippen LogP contribution >= 0.6 is 0 Å². The number of nitrogens with zero attached hydrogens (tertiary/aromatic N) is 2. The summed E-state index contributed by atoms with van der Waals surface area (Å²) in [5.41, 5.74) is 1.16. The number of benzene rings is 1. The summed E-state index contributed by atoms with van der Waals surface area (Å²) in [5, 5.41) is 10.3. The zero-order valence-electron chi connectivity index (χ0n) is 15.9. The molecule has 0 aliphatic carbocycles. The molecule has 5 heteroatoms. The number of amides is 1. The van der Waals surface area contributed by atoms with Gasteiger partial charge in [-0.05, 0) is 17.5 Å². The maximum atomic E-state index is 12.0. The lowest BCUT2D eigenvalue weighted by Crippen LogP contribution is -2.51. The summed E-state index contributed by atoms with van der Waals surface area (Å²) in [7, 11) is 0. The third kappa shape index (κ3) is 5.72. The van der Waals surface area contributed by atoms with Gasteiger partial charge in [0.25, 0.3) is 0 Å². The lowest BCUT2D eigenvalue weighted by molar-refractivity contribution is -0.136. The first-order valence-electron chi connectivity index (χ1n) is 9.29. The van der Waals surface area contributed by atoms with Gasteiger partial charge in [-0.1, -0.05) is 45.9 Å². The van der Waals surface area contributed by atoms with Crippen molar-refractivity contribution in [3.63, 3.8) is 0 Å². The van der Waals surface area contributed by atoms with Crippen LogP contribution in [0.1, 0.15) is 39.2 Å². The van der Waals surface area contributed by atoms with Crippen LogP contribution in [0, 0.1) is 5.92 Å². The Morgan fingerprint density at radius 3 is 2.36 bits per heavy atom. The lowest BCUT2D eigenvalue weighted by atomic mass is 10.0. The molecule has 1 aromatic rings. The summed E-state index contributed by atoms with van der Waals surface area (Å²) in [6.07, 6.45) is -0.535. The summed E-state index contributed by atoms with van der Waals surface area (Å²) in [6, 6.07) is 7.99. The minimum absolute atomic E-state index is 0.0477. The number of carbonyl (C=O) groups is 1. The Hall–Kier alpha value is -1.59. The molecule has 0 bridgehead atoms. The number of carbonyl (C=O) groups excluding carboxylic acids is 1. The molecule has 1 amide bonds. The first-order chi connectivity index (χ1) is 11.9. The van der Waals surface area contributed by atoms with Crippen LogP contribution in [0.3, 0.4) is 0 Å². The second-order valence-corrected chi connectivity index (χ2v) is 7.44. The Morgan fingerprint density at radius 1 is 1.12 bits per heavy atom. The van der Waals surface area contributed by atoms with Crippen molar-refractivity contribution >= 4 is 5.91 Å². The molecule has 1 aliphatic heterocycles. The number of hydrogen-bond acceptors (Lipinski definition) is 4. The van der Waals surface area contributed by atoms with E-state index in [0.717, 1.165) is 37.5 Å². The van der Waals surface area contributed by atoms with Crippen LogP contribution in [0.2, 0.25) is 0 Å². The topological polar surface area (TPSA) is 53.0 Å². The third-order valence-electron chi connectivity index (χ3n) is 4.62. The molecule has 2 rings (SSSR count). The molecule has 1 atom stereocenters. The number of β-amino-alcohol motifs (C(OH)–C–C–N with tert-alkyl or cyclic N) is 1. The Kier molecular flexibility index (Phi) is 7.26. The molecule has 1 N–H and O–H groups in total. The summed E-state index contributed by atoms with van der Waals surface area (Å²) in [4.78, 5) is 16.1. The Bertz CT molecular complexity index is 552. The van der Waals surface area contributed by atoms with Gasteiger partial charge in [0.15, 0.2) is 0 Å². The van der Waals surface area contributed by atoms with Crippen LogP contribution in [0.4, 0.5) is 0 Å². The first-order valence-corrected chi connectivity index (χ1v) is 9.29. The van der Waals surface area contributed by atoms with E-state index in [0.29, 0.717) is 12.5 Å². The second kappa shape index (κ2) is 9.20. The fourth-order valence-electron chi connectivity index (χ4n) is 3.14. The molecule has 25 heavy (non-hydrogen) atoms. The summed E-state index contributed by atoms with van der Waals surface area (Å²) in [6.45, 7) is 12.1. The molecule has 1 saturated heterocycles. The number of rotatable bonds is 7. The molecule has 1 unspecified atom stereocenters. The molecule has 1 aliphatic rings. The van der Waals surface area contributed by atoms with E-state index < -0.39 is 6.10 Å². The number of hydrogen-bond donors (Lipinski definition) is 1. The normalized spacial score (nSPS) is 17.2. The fraction of sp³-hybridized carbons (Fsp3) is 0.650. The predicted octanol–water partition coefficient (Wildman–Crippen LogP) is 2.35. The van der Waals surface area contributed by atoms with Gasteiger partial charge in [-0.25, -0.2) is 0 Å². The minimum Gasteiger partial charge on any atom is -0.491 e. The monoisotopic (exact) mass is 348 g/mol. The zero-order valence-corrected chi connectivity index (χ0v) is 15.9. The predicted molar refractivity (Wildman–Crippen MR) is 99.9 cm³/mol. The fourth-order valence-corrected chi connectivity index (χ4v) is 3.14. The van der Waals surface area contributed by atoms with Crippen molar-refractivity contribution in [1.29, 1.82) is 0 Å². The largest absolute Gasteiger partial charge is 0.491 e. The van der Waals surface area contributed by atoms with E-state index >= 15 is 0 Å². The number of aliphatic hydroxyl groups is 1. The molecule has 0 radical (unpaired) electrons. The van der Waals surface area contributed by atoms with Crippen LogP contribution in [-0.4, -0.2) is 66.2 Å². The molecule has 1 heterocycles. The summed E-state index contributed by atoms with van der Waals surface area (Å²) in [5.74, 6) is 1.50. The SMILES string of the molecule is CC(C)C(=O)N1CCN(CC(O)COc2ccccc2C(C)C)CC1. The molecule has 5 nitrogen and oxygen atoms in total. The highest BCUT2D eigenvalue weighted by atomic mass is 16.5. The van der Waals surface area contributed by atoms with Gasteiger partial charge < -0.3 is 14.7 Å². The van der Waals surface area contributed by atoms with Gasteiger partial charge >= 0.3 is 0 Å². The van der Waals surface area contributed by atoms with Crippen molar-refractivity contribution in [2.24, 2.45) is 5.92 Å². The smallest absolute Gasteiger partial charge is 0.225 e. The van der Waals surface area contributed by atoms with Crippen LogP contribution in [-0.2, 0) is 4.79 Å². The maximum absolute atomic E-state index is 12.0. The molecule has 140 valence electrons. The molecule has 0 aromatic heterocycles. The van der Waals surface area contributed by atoms with Crippen LogP contribution in [0.15, 0.2) is 24.3 Å². The van der Waals surface area contributed by atoms with Crippen molar-refractivity contribution in [3.8, 4) is 5.75 Å². The quantitative estimate of drug-likeness (QED) is 0.822. The van der Waals surface area contributed by atoms with Crippen molar-refractivity contribution in [2.45, 2.75) is 39.7 Å². The van der Waals surface area contributed by atoms with Crippen molar-refractivity contribution in [1.82, 2.24) is 9.80 Å². The number of para-hydroxylation sites is 1. The van der Waals surface area contributed by atoms with E-state index in [2.05, 4.69) is 24.8 Å². The number of piperazine rings is 1. The van der Waals surface area contributed by atoms with E-state index in [9.17, 15) is 9.90 Å². The zero-order chi connectivity index (χ0) is 18.4. The van der Waals surface area contributed by atoms with Crippen molar-refractivity contribution in [2.75, 3.05) is 39.3 Å². The van der Waals surface area contributed by atoms with E-state index in [1.165, 1.54) is 0 Å². The van der Waals surface area contributed by atoms with Gasteiger partial charge in [0.1, 0.15) is 18.5 Å². The molecule has 1 fully saturated rings. The van der Waals surface area contributed by atoms with Gasteiger partial charge in [0.05, 0.1) is 0 Å². The van der Waals surface area contributed by atoms with Gasteiger partial charge in [0.2, 0.25) is 5.91 Å². The Morgan fingerprint density at radius 2 is 1.76 bits per heavy atom. The average Bonchev–Trinajstić information content (AvgIpc) is 2.60. The Labute approximate surface area is 151 Å². The van der Waals surface area contributed by atoms with Crippen LogP contribution in [0.25, 0.3) is 0 Å². The molecule has 0 spiro atoms. The van der Waals surface area contributed by atoms with Gasteiger partial charge in [-0.2, -0.15) is 0 Å². The molecule has 0 saturated carbocycles. The van der Waals surface area contributed by atoms with Crippen molar-refractivity contribution < 1.29 is 14.6 Å². The average molecular weight is 348 g/mol. The highest BCUT2D eigenvalue weighted by molar-refractivity contribution is 5.78. The van der Waals surface area contributed by atoms with E-state index in [1.807, 2.05) is 36.9 Å². The number of ether oxygens (including phenoxy) is 1. The highest BCUT2D eigenvalue weighted by Gasteiger charge is 2.24. The Balaban J connectivity index is 1.77. The third-order valence-corrected chi connectivity index (χ3v) is 4.62. The second-order valence-electron chi connectivity index (χ2n) is 7.44. The van der Waals surface area contributed by atoms with E-state index in [4.69, 9.17) is 4.74 Å². The standard InChI is InChI=1S/C20H32N2O3/c1-15(2)18-7-5-6-8-19(18)25-14-17(23)13-21-9-11-22(12-10-21)20(24)16(3)4/h5-8,15-17,23H,9-14H2,1-4H3. The van der Waals surface area contributed by atoms with Crippen LogP contribution in [0.5, 0.6) is 5.75 Å². The summed E-state index contributed by atoms with van der Waals surface area (Å²) < 4.78 is 5.85.